The van der Waals surface area contributed by atoms with Gasteiger partial charge in [0.15, 0.2) is 5.82 Å². The summed E-state index contributed by atoms with van der Waals surface area (Å²) in [5, 5.41) is 11.0. The molecule has 7 heteroatoms. The second-order valence-corrected chi connectivity index (χ2v) is 3.55. The fourth-order valence-corrected chi connectivity index (χ4v) is 1.44. The fourth-order valence-electron chi connectivity index (χ4n) is 1.44. The molecular weight excluding hydrogens is 248 g/mol. The van der Waals surface area contributed by atoms with Crippen molar-refractivity contribution in [2.75, 3.05) is 7.11 Å². The summed E-state index contributed by atoms with van der Waals surface area (Å²) in [5.74, 6) is -1.59. The van der Waals surface area contributed by atoms with Crippen LogP contribution in [0.25, 0.3) is 17.1 Å². The van der Waals surface area contributed by atoms with E-state index in [9.17, 15) is 9.59 Å². The number of carbonyl (C=O) groups is 2. The molecular formula is C12H10N4O3. The van der Waals surface area contributed by atoms with Gasteiger partial charge in [-0.05, 0) is 10.4 Å². The van der Waals surface area contributed by atoms with Gasteiger partial charge >= 0.3 is 5.97 Å². The lowest BCUT2D eigenvalue weighted by molar-refractivity contribution is -0.149. The SMILES string of the molecule is C=C(C(=O)C(=O)OC)n1nnnc1-c1ccccc1. The number of hydrogen-bond donors (Lipinski definition) is 0. The highest BCUT2D eigenvalue weighted by Gasteiger charge is 2.23. The van der Waals surface area contributed by atoms with Gasteiger partial charge in [-0.1, -0.05) is 36.9 Å². The first-order chi connectivity index (χ1) is 9.15. The number of benzene rings is 1. The van der Waals surface area contributed by atoms with E-state index in [1.807, 2.05) is 6.07 Å². The molecule has 0 saturated carbocycles. The van der Waals surface area contributed by atoms with Crippen LogP contribution < -0.4 is 0 Å². The van der Waals surface area contributed by atoms with Gasteiger partial charge in [-0.3, -0.25) is 4.79 Å². The van der Waals surface area contributed by atoms with Crippen LogP contribution in [-0.2, 0) is 14.3 Å². The minimum Gasteiger partial charge on any atom is -0.463 e. The number of hydrogen-bond acceptors (Lipinski definition) is 6. The molecule has 1 heterocycles. The number of ether oxygens (including phenoxy) is 1. The zero-order chi connectivity index (χ0) is 13.8. The number of rotatable bonds is 4. The Kier molecular flexibility index (Phi) is 3.46. The van der Waals surface area contributed by atoms with Crippen molar-refractivity contribution in [3.8, 4) is 11.4 Å². The molecule has 0 aliphatic carbocycles. The Morgan fingerprint density at radius 2 is 1.95 bits per heavy atom. The molecule has 19 heavy (non-hydrogen) atoms. The zero-order valence-corrected chi connectivity index (χ0v) is 10.1. The van der Waals surface area contributed by atoms with E-state index in [4.69, 9.17) is 0 Å². The molecule has 1 aromatic carbocycles. The lowest BCUT2D eigenvalue weighted by Crippen LogP contribution is -2.20. The van der Waals surface area contributed by atoms with Crippen LogP contribution >= 0.6 is 0 Å². The van der Waals surface area contributed by atoms with Crippen LogP contribution in [0.5, 0.6) is 0 Å². The molecule has 0 fully saturated rings. The van der Waals surface area contributed by atoms with Crippen molar-refractivity contribution in [3.63, 3.8) is 0 Å². The Morgan fingerprint density at radius 1 is 1.26 bits per heavy atom. The third kappa shape index (κ3) is 2.39. The van der Waals surface area contributed by atoms with Gasteiger partial charge < -0.3 is 4.74 Å². The number of aromatic nitrogens is 4. The Balaban J connectivity index is 2.38. The summed E-state index contributed by atoms with van der Waals surface area (Å²) in [5.41, 5.74) is 0.530. The molecule has 0 atom stereocenters. The van der Waals surface area contributed by atoms with E-state index in [0.29, 0.717) is 11.4 Å². The van der Waals surface area contributed by atoms with Crippen LogP contribution in [0, 0.1) is 0 Å². The molecule has 2 aromatic rings. The van der Waals surface area contributed by atoms with Crippen molar-refractivity contribution >= 4 is 17.4 Å². The number of Topliss-reactive ketones (excluding diaryl/α,β-unsaturated/α-hetero) is 1. The number of esters is 1. The molecule has 0 bridgehead atoms. The smallest absolute Gasteiger partial charge is 0.381 e. The second-order valence-electron chi connectivity index (χ2n) is 3.55. The van der Waals surface area contributed by atoms with Crippen LogP contribution in [-0.4, -0.2) is 39.1 Å². The summed E-state index contributed by atoms with van der Waals surface area (Å²) in [6.07, 6.45) is 0. The Morgan fingerprint density at radius 3 is 2.58 bits per heavy atom. The first-order valence-electron chi connectivity index (χ1n) is 5.31. The van der Waals surface area contributed by atoms with E-state index < -0.39 is 11.8 Å². The van der Waals surface area contributed by atoms with Gasteiger partial charge in [0, 0.05) is 5.56 Å². The summed E-state index contributed by atoms with van der Waals surface area (Å²) in [4.78, 5) is 22.8. The Hall–Kier alpha value is -2.83. The lowest BCUT2D eigenvalue weighted by Gasteiger charge is -2.05. The van der Waals surface area contributed by atoms with E-state index in [2.05, 4.69) is 26.8 Å². The summed E-state index contributed by atoms with van der Waals surface area (Å²) >= 11 is 0. The van der Waals surface area contributed by atoms with Gasteiger partial charge in [0.05, 0.1) is 7.11 Å². The van der Waals surface area contributed by atoms with Gasteiger partial charge in [-0.25, -0.2) is 4.79 Å². The van der Waals surface area contributed by atoms with Gasteiger partial charge in [-0.15, -0.1) is 5.10 Å². The van der Waals surface area contributed by atoms with Crippen LogP contribution in [0.3, 0.4) is 0 Å². The van der Waals surface area contributed by atoms with Gasteiger partial charge in [0.1, 0.15) is 5.70 Å². The number of tetrazole rings is 1. The molecule has 0 aliphatic heterocycles. The standard InChI is InChI=1S/C12H10N4O3/c1-8(10(17)12(18)19-2)16-11(13-14-15-16)9-6-4-3-5-7-9/h3-7H,1H2,2H3. The van der Waals surface area contributed by atoms with Gasteiger partial charge in [0.25, 0.3) is 5.78 Å². The van der Waals surface area contributed by atoms with E-state index >= 15 is 0 Å². The summed E-state index contributed by atoms with van der Waals surface area (Å²) in [6.45, 7) is 3.52. The van der Waals surface area contributed by atoms with Crippen molar-refractivity contribution in [3.05, 3.63) is 36.9 Å². The normalized spacial score (nSPS) is 9.95. The summed E-state index contributed by atoms with van der Waals surface area (Å²) in [7, 11) is 1.12. The Bertz CT molecular complexity index is 633. The summed E-state index contributed by atoms with van der Waals surface area (Å²) in [6, 6.07) is 9.00. The molecule has 96 valence electrons. The van der Waals surface area contributed by atoms with Crippen molar-refractivity contribution in [2.45, 2.75) is 0 Å². The molecule has 0 aliphatic rings. The predicted octanol–water partition coefficient (Wildman–Crippen LogP) is 0.553. The number of nitrogens with zero attached hydrogens (tertiary/aromatic N) is 4. The summed E-state index contributed by atoms with van der Waals surface area (Å²) < 4.78 is 5.45. The molecule has 1 aromatic heterocycles. The monoisotopic (exact) mass is 258 g/mol. The van der Waals surface area contributed by atoms with E-state index in [-0.39, 0.29) is 5.70 Å². The highest BCUT2D eigenvalue weighted by molar-refractivity contribution is 6.49. The van der Waals surface area contributed by atoms with Crippen LogP contribution in [0.1, 0.15) is 0 Å². The molecule has 0 radical (unpaired) electrons. The van der Waals surface area contributed by atoms with E-state index in [0.717, 1.165) is 11.8 Å². The third-order valence-corrected chi connectivity index (χ3v) is 2.39. The van der Waals surface area contributed by atoms with Crippen molar-refractivity contribution in [1.82, 2.24) is 20.2 Å². The average molecular weight is 258 g/mol. The minimum atomic E-state index is -1.01. The molecule has 0 unspecified atom stereocenters. The van der Waals surface area contributed by atoms with Crippen LogP contribution in [0.4, 0.5) is 0 Å². The molecule has 2 rings (SSSR count). The largest absolute Gasteiger partial charge is 0.463 e. The maximum absolute atomic E-state index is 11.7. The topological polar surface area (TPSA) is 87.0 Å². The number of methoxy groups -OCH3 is 1. The molecule has 0 amide bonds. The second kappa shape index (κ2) is 5.21. The van der Waals surface area contributed by atoms with Gasteiger partial charge in [-0.2, -0.15) is 4.68 Å². The number of carbonyl (C=O) groups excluding carboxylic acids is 2. The third-order valence-electron chi connectivity index (χ3n) is 2.39. The maximum Gasteiger partial charge on any atom is 0.381 e. The minimum absolute atomic E-state index is 0.171. The maximum atomic E-state index is 11.7. The van der Waals surface area contributed by atoms with E-state index in [1.165, 1.54) is 0 Å². The number of ketones is 1. The van der Waals surface area contributed by atoms with Crippen molar-refractivity contribution in [1.29, 1.82) is 0 Å². The average Bonchev–Trinajstić information content (AvgIpc) is 2.95. The molecule has 0 saturated heterocycles. The molecule has 0 N–H and O–H groups in total. The molecule has 7 nitrogen and oxygen atoms in total. The lowest BCUT2D eigenvalue weighted by atomic mass is 10.2. The quantitative estimate of drug-likeness (QED) is 0.452. The highest BCUT2D eigenvalue weighted by atomic mass is 16.5. The fraction of sp³-hybridized carbons (Fsp3) is 0.0833. The van der Waals surface area contributed by atoms with Crippen molar-refractivity contribution < 1.29 is 14.3 Å². The van der Waals surface area contributed by atoms with Crippen LogP contribution in [0.2, 0.25) is 0 Å². The molecule has 0 spiro atoms. The van der Waals surface area contributed by atoms with Crippen molar-refractivity contribution in [2.24, 2.45) is 0 Å². The predicted molar refractivity (Wildman–Crippen MR) is 65.6 cm³/mol. The van der Waals surface area contributed by atoms with Crippen LogP contribution in [0.15, 0.2) is 36.9 Å². The van der Waals surface area contributed by atoms with E-state index in [1.54, 1.807) is 24.3 Å². The van der Waals surface area contributed by atoms with Gasteiger partial charge in [0.2, 0.25) is 0 Å². The first kappa shape index (κ1) is 12.6. The zero-order valence-electron chi connectivity index (χ0n) is 10.1. The Labute approximate surface area is 108 Å². The highest BCUT2D eigenvalue weighted by Crippen LogP contribution is 2.17. The first-order valence-corrected chi connectivity index (χ1v) is 5.31.